The minimum atomic E-state index is -0.533. The van der Waals surface area contributed by atoms with E-state index in [1.54, 1.807) is 0 Å². The van der Waals surface area contributed by atoms with Crippen LogP contribution >= 0.6 is 0 Å². The molecule has 17 heavy (non-hydrogen) atoms. The van der Waals surface area contributed by atoms with Gasteiger partial charge in [-0.25, -0.2) is 14.8 Å². The summed E-state index contributed by atoms with van der Waals surface area (Å²) in [4.78, 5) is 19.4. The third-order valence-electron chi connectivity index (χ3n) is 2.24. The number of benzene rings is 1. The highest BCUT2D eigenvalue weighted by molar-refractivity contribution is 5.88. The van der Waals surface area contributed by atoms with Crippen LogP contribution in [0.5, 0.6) is 0 Å². The quantitative estimate of drug-likeness (QED) is 0.790. The van der Waals surface area contributed by atoms with Crippen molar-refractivity contribution < 1.29 is 9.53 Å². The summed E-state index contributed by atoms with van der Waals surface area (Å²) >= 11 is 0. The zero-order valence-corrected chi connectivity index (χ0v) is 9.25. The van der Waals surface area contributed by atoms with Crippen LogP contribution in [0, 0.1) is 0 Å². The third-order valence-corrected chi connectivity index (χ3v) is 2.24. The molecule has 0 aliphatic heterocycles. The Balaban J connectivity index is 2.50. The Kier molecular flexibility index (Phi) is 3.00. The highest BCUT2D eigenvalue weighted by Crippen LogP contribution is 2.21. The molecule has 1 aromatic carbocycles. The van der Waals surface area contributed by atoms with E-state index >= 15 is 0 Å². The number of nitrogens with zero attached hydrogens (tertiary/aromatic N) is 2. The van der Waals surface area contributed by atoms with Gasteiger partial charge in [-0.2, -0.15) is 0 Å². The van der Waals surface area contributed by atoms with E-state index in [9.17, 15) is 4.79 Å². The zero-order valence-electron chi connectivity index (χ0n) is 9.25. The highest BCUT2D eigenvalue weighted by Gasteiger charge is 2.12. The molecule has 0 saturated heterocycles. The van der Waals surface area contributed by atoms with Gasteiger partial charge >= 0.3 is 5.97 Å². The number of rotatable bonds is 2. The molecule has 0 amide bonds. The number of methoxy groups -OCH3 is 1. The number of hydrogen-bond donors (Lipinski definition) is 1. The van der Waals surface area contributed by atoms with Crippen molar-refractivity contribution >= 4 is 11.8 Å². The molecule has 2 aromatic rings. The summed E-state index contributed by atoms with van der Waals surface area (Å²) in [7, 11) is 1.29. The number of esters is 1. The van der Waals surface area contributed by atoms with E-state index in [-0.39, 0.29) is 11.5 Å². The van der Waals surface area contributed by atoms with Crippen LogP contribution in [-0.2, 0) is 4.74 Å². The van der Waals surface area contributed by atoms with Crippen molar-refractivity contribution in [3.05, 3.63) is 42.2 Å². The van der Waals surface area contributed by atoms with Crippen LogP contribution in [0.3, 0.4) is 0 Å². The monoisotopic (exact) mass is 229 g/mol. The smallest absolute Gasteiger partial charge is 0.358 e. The Labute approximate surface area is 98.3 Å². The fourth-order valence-corrected chi connectivity index (χ4v) is 1.41. The second kappa shape index (κ2) is 4.61. The van der Waals surface area contributed by atoms with E-state index in [1.807, 2.05) is 30.3 Å². The first-order chi connectivity index (χ1) is 8.22. The van der Waals surface area contributed by atoms with Crippen LogP contribution in [0.2, 0.25) is 0 Å². The number of hydrogen-bond acceptors (Lipinski definition) is 5. The van der Waals surface area contributed by atoms with Crippen molar-refractivity contribution in [2.24, 2.45) is 0 Å². The topological polar surface area (TPSA) is 78.1 Å². The first-order valence-corrected chi connectivity index (χ1v) is 4.98. The highest BCUT2D eigenvalue weighted by atomic mass is 16.5. The van der Waals surface area contributed by atoms with Gasteiger partial charge in [0.1, 0.15) is 11.5 Å². The van der Waals surface area contributed by atoms with E-state index in [2.05, 4.69) is 14.7 Å². The fraction of sp³-hybridized carbons (Fsp3) is 0.0833. The summed E-state index contributed by atoms with van der Waals surface area (Å²) in [5, 5.41) is 0. The standard InChI is InChI=1S/C12H11N3O2/c1-17-12(16)9-7-14-11(13)10(15-9)8-5-3-2-4-6-8/h2-7H,1H3,(H2,13,14). The molecular weight excluding hydrogens is 218 g/mol. The largest absolute Gasteiger partial charge is 0.464 e. The van der Waals surface area contributed by atoms with Gasteiger partial charge in [-0.05, 0) is 0 Å². The molecule has 0 unspecified atom stereocenters. The van der Waals surface area contributed by atoms with Crippen molar-refractivity contribution in [2.45, 2.75) is 0 Å². The molecule has 2 rings (SSSR count). The molecule has 5 nitrogen and oxygen atoms in total. The summed E-state index contributed by atoms with van der Waals surface area (Å²) in [5.41, 5.74) is 7.17. The molecule has 0 atom stereocenters. The number of ether oxygens (including phenoxy) is 1. The molecule has 5 heteroatoms. The summed E-state index contributed by atoms with van der Waals surface area (Å²) in [6.45, 7) is 0. The lowest BCUT2D eigenvalue weighted by atomic mass is 10.1. The normalized spacial score (nSPS) is 9.94. The molecular formula is C12H11N3O2. The van der Waals surface area contributed by atoms with E-state index in [1.165, 1.54) is 13.3 Å². The van der Waals surface area contributed by atoms with Crippen molar-refractivity contribution in [3.63, 3.8) is 0 Å². The number of carbonyl (C=O) groups is 1. The Morgan fingerprint density at radius 1 is 1.29 bits per heavy atom. The summed E-state index contributed by atoms with van der Waals surface area (Å²) in [5.74, 6) is -0.251. The number of nitrogen functional groups attached to an aromatic ring is 1. The lowest BCUT2D eigenvalue weighted by Crippen LogP contribution is -2.08. The van der Waals surface area contributed by atoms with Crippen LogP contribution in [-0.4, -0.2) is 23.0 Å². The van der Waals surface area contributed by atoms with Gasteiger partial charge < -0.3 is 10.5 Å². The van der Waals surface area contributed by atoms with Gasteiger partial charge in [0.15, 0.2) is 5.69 Å². The average molecular weight is 229 g/mol. The lowest BCUT2D eigenvalue weighted by Gasteiger charge is -2.05. The molecule has 0 fully saturated rings. The number of anilines is 1. The minimum absolute atomic E-state index is 0.139. The van der Waals surface area contributed by atoms with Gasteiger partial charge in [-0.1, -0.05) is 30.3 Å². The predicted octanol–water partition coefficient (Wildman–Crippen LogP) is 1.51. The van der Waals surface area contributed by atoms with Crippen LogP contribution < -0.4 is 5.73 Å². The SMILES string of the molecule is COC(=O)c1cnc(N)c(-c2ccccc2)n1. The minimum Gasteiger partial charge on any atom is -0.464 e. The van der Waals surface area contributed by atoms with Crippen molar-refractivity contribution in [1.29, 1.82) is 0 Å². The maximum atomic E-state index is 11.3. The molecule has 2 N–H and O–H groups in total. The average Bonchev–Trinajstić information content (AvgIpc) is 2.39. The lowest BCUT2D eigenvalue weighted by molar-refractivity contribution is 0.0593. The summed E-state index contributed by atoms with van der Waals surface area (Å²) in [6, 6.07) is 9.31. The first-order valence-electron chi connectivity index (χ1n) is 4.98. The maximum Gasteiger partial charge on any atom is 0.358 e. The summed E-state index contributed by atoms with van der Waals surface area (Å²) in [6.07, 6.45) is 1.30. The van der Waals surface area contributed by atoms with E-state index in [0.717, 1.165) is 5.56 Å². The number of nitrogens with two attached hydrogens (primary N) is 1. The van der Waals surface area contributed by atoms with Crippen LogP contribution in [0.25, 0.3) is 11.3 Å². The van der Waals surface area contributed by atoms with Gasteiger partial charge in [0.25, 0.3) is 0 Å². The Morgan fingerprint density at radius 3 is 2.65 bits per heavy atom. The molecule has 0 spiro atoms. The van der Waals surface area contributed by atoms with Crippen LogP contribution in [0.4, 0.5) is 5.82 Å². The second-order valence-electron chi connectivity index (χ2n) is 3.35. The second-order valence-corrected chi connectivity index (χ2v) is 3.35. The van der Waals surface area contributed by atoms with Crippen LogP contribution in [0.15, 0.2) is 36.5 Å². The molecule has 0 radical (unpaired) electrons. The molecule has 86 valence electrons. The van der Waals surface area contributed by atoms with Crippen molar-refractivity contribution in [3.8, 4) is 11.3 Å². The van der Waals surface area contributed by atoms with E-state index in [0.29, 0.717) is 5.69 Å². The fourth-order valence-electron chi connectivity index (χ4n) is 1.41. The van der Waals surface area contributed by atoms with E-state index < -0.39 is 5.97 Å². The predicted molar refractivity (Wildman–Crippen MR) is 63.2 cm³/mol. The molecule has 0 bridgehead atoms. The molecule has 1 heterocycles. The number of aromatic nitrogens is 2. The molecule has 0 saturated carbocycles. The maximum absolute atomic E-state index is 11.3. The first kappa shape index (κ1) is 11.1. The molecule has 0 aliphatic carbocycles. The van der Waals surface area contributed by atoms with Crippen LogP contribution in [0.1, 0.15) is 10.5 Å². The van der Waals surface area contributed by atoms with Crippen molar-refractivity contribution in [1.82, 2.24) is 9.97 Å². The Morgan fingerprint density at radius 2 is 2.00 bits per heavy atom. The third kappa shape index (κ3) is 2.23. The van der Waals surface area contributed by atoms with Gasteiger partial charge in [-0.15, -0.1) is 0 Å². The molecule has 0 aliphatic rings. The van der Waals surface area contributed by atoms with E-state index in [4.69, 9.17) is 5.73 Å². The molecule has 1 aromatic heterocycles. The Bertz CT molecular complexity index is 541. The van der Waals surface area contributed by atoms with Gasteiger partial charge in [0.2, 0.25) is 0 Å². The Hall–Kier alpha value is -2.43. The zero-order chi connectivity index (χ0) is 12.3. The summed E-state index contributed by atoms with van der Waals surface area (Å²) < 4.78 is 4.58. The number of carbonyl (C=O) groups excluding carboxylic acids is 1. The van der Waals surface area contributed by atoms with Gasteiger partial charge in [0, 0.05) is 5.56 Å². The van der Waals surface area contributed by atoms with Gasteiger partial charge in [-0.3, -0.25) is 0 Å². The van der Waals surface area contributed by atoms with Gasteiger partial charge in [0.05, 0.1) is 13.3 Å². The van der Waals surface area contributed by atoms with Crippen molar-refractivity contribution in [2.75, 3.05) is 12.8 Å².